The summed E-state index contributed by atoms with van der Waals surface area (Å²) in [4.78, 5) is 16.2. The summed E-state index contributed by atoms with van der Waals surface area (Å²) in [5.74, 6) is 0.769. The number of amides is 1. The van der Waals surface area contributed by atoms with E-state index in [0.717, 1.165) is 12.1 Å². The van der Waals surface area contributed by atoms with Crippen molar-refractivity contribution in [2.24, 2.45) is 0 Å². The lowest BCUT2D eigenvalue weighted by atomic mass is 10.1. The number of hydrogen-bond donors (Lipinski definition) is 2. The van der Waals surface area contributed by atoms with E-state index in [1.54, 1.807) is 18.4 Å². The highest BCUT2D eigenvalue weighted by Crippen LogP contribution is 2.09. The van der Waals surface area contributed by atoms with Gasteiger partial charge >= 0.3 is 0 Å². The van der Waals surface area contributed by atoms with Crippen molar-refractivity contribution in [2.75, 3.05) is 17.7 Å². The molecule has 1 aromatic rings. The fraction of sp³-hybridized carbons (Fsp3) is 0.538. The molecule has 0 aliphatic rings. The van der Waals surface area contributed by atoms with E-state index in [1.165, 1.54) is 0 Å². The summed E-state index contributed by atoms with van der Waals surface area (Å²) in [6.07, 6.45) is 3.08. The molecule has 106 valence electrons. The monoisotopic (exact) mass is 283 g/mol. The molecule has 1 aromatic heterocycles. The number of pyridine rings is 1. The molecule has 0 saturated heterocycles. The van der Waals surface area contributed by atoms with Gasteiger partial charge in [0.25, 0.3) is 5.91 Å². The number of aryl methyl sites for hydroxylation is 1. The summed E-state index contributed by atoms with van der Waals surface area (Å²) in [5.41, 5.74) is 6.99. The molecule has 19 heavy (non-hydrogen) atoms. The normalized spacial score (nSPS) is 13.8. The first-order valence-electron chi connectivity index (χ1n) is 6.29. The molecule has 0 aromatic carbocycles. The van der Waals surface area contributed by atoms with Crippen LogP contribution in [0.25, 0.3) is 0 Å². The highest BCUT2D eigenvalue weighted by Gasteiger charge is 2.12. The van der Waals surface area contributed by atoms with Gasteiger partial charge in [-0.1, -0.05) is 6.92 Å². The van der Waals surface area contributed by atoms with Crippen molar-refractivity contribution in [1.29, 1.82) is 0 Å². The molecule has 5 nitrogen and oxygen atoms in total. The fourth-order valence-corrected chi connectivity index (χ4v) is 2.33. The predicted octanol–water partition coefficient (Wildman–Crippen LogP) is 1.11. The first-order valence-corrected chi connectivity index (χ1v) is 8.02. The summed E-state index contributed by atoms with van der Waals surface area (Å²) in [7, 11) is -0.836. The van der Waals surface area contributed by atoms with E-state index in [9.17, 15) is 9.00 Å². The van der Waals surface area contributed by atoms with E-state index in [4.69, 9.17) is 5.73 Å². The van der Waals surface area contributed by atoms with Crippen LogP contribution in [0, 0.1) is 0 Å². The Labute approximate surface area is 116 Å². The van der Waals surface area contributed by atoms with E-state index in [-0.39, 0.29) is 11.9 Å². The van der Waals surface area contributed by atoms with Crippen LogP contribution in [0.15, 0.2) is 12.1 Å². The maximum absolute atomic E-state index is 12.0. The summed E-state index contributed by atoms with van der Waals surface area (Å²) in [6.45, 7) is 3.86. The number of nitrogens with zero attached hydrogens (tertiary/aromatic N) is 1. The highest BCUT2D eigenvalue weighted by molar-refractivity contribution is 7.84. The minimum Gasteiger partial charge on any atom is -0.384 e. The molecule has 6 heteroatoms. The first kappa shape index (κ1) is 15.6. The van der Waals surface area contributed by atoms with Gasteiger partial charge in [0, 0.05) is 40.1 Å². The Balaban J connectivity index is 2.67. The Kier molecular flexibility index (Phi) is 5.95. The topological polar surface area (TPSA) is 85.1 Å². The molecule has 0 saturated carbocycles. The Morgan fingerprint density at radius 2 is 2.21 bits per heavy atom. The molecule has 1 heterocycles. The number of nitrogens with one attached hydrogen (secondary N) is 1. The molecule has 2 unspecified atom stereocenters. The van der Waals surface area contributed by atoms with Crippen LogP contribution in [0.4, 0.5) is 5.82 Å². The number of carbonyl (C=O) groups is 1. The zero-order valence-electron chi connectivity index (χ0n) is 11.6. The van der Waals surface area contributed by atoms with Crippen molar-refractivity contribution in [1.82, 2.24) is 10.3 Å². The number of nitrogen functional groups attached to an aromatic ring is 1. The molecular weight excluding hydrogens is 262 g/mol. The second kappa shape index (κ2) is 7.23. The van der Waals surface area contributed by atoms with Crippen LogP contribution in [0.3, 0.4) is 0 Å². The van der Waals surface area contributed by atoms with Gasteiger partial charge in [-0.25, -0.2) is 4.98 Å². The minimum absolute atomic E-state index is 0.0177. The number of anilines is 1. The molecule has 0 radical (unpaired) electrons. The van der Waals surface area contributed by atoms with E-state index in [1.807, 2.05) is 13.8 Å². The summed E-state index contributed by atoms with van der Waals surface area (Å²) >= 11 is 0. The van der Waals surface area contributed by atoms with Gasteiger partial charge in [0.1, 0.15) is 5.82 Å². The molecule has 3 N–H and O–H groups in total. The van der Waals surface area contributed by atoms with Gasteiger partial charge in [-0.2, -0.15) is 0 Å². The third kappa shape index (κ3) is 5.38. The predicted molar refractivity (Wildman–Crippen MR) is 78.5 cm³/mol. The van der Waals surface area contributed by atoms with Gasteiger partial charge in [0.15, 0.2) is 0 Å². The molecule has 2 atom stereocenters. The average molecular weight is 283 g/mol. The maximum atomic E-state index is 12.0. The summed E-state index contributed by atoms with van der Waals surface area (Å²) in [5, 5.41) is 2.87. The molecular formula is C13H21N3O2S. The van der Waals surface area contributed by atoms with Gasteiger partial charge < -0.3 is 11.1 Å². The smallest absolute Gasteiger partial charge is 0.251 e. The third-order valence-corrected chi connectivity index (χ3v) is 3.55. The van der Waals surface area contributed by atoms with Gasteiger partial charge in [-0.3, -0.25) is 9.00 Å². The fourth-order valence-electron chi connectivity index (χ4n) is 1.65. The van der Waals surface area contributed by atoms with Crippen LogP contribution in [0.5, 0.6) is 0 Å². The van der Waals surface area contributed by atoms with Crippen molar-refractivity contribution in [3.05, 3.63) is 23.4 Å². The quantitative estimate of drug-likeness (QED) is 0.819. The first-order chi connectivity index (χ1) is 8.92. The molecule has 0 fully saturated rings. The van der Waals surface area contributed by atoms with Gasteiger partial charge in [-0.05, 0) is 31.9 Å². The SMILES string of the molecule is CCc1cc(C(=O)NC(C)CCS(C)=O)cc(N)n1. The van der Waals surface area contributed by atoms with Crippen molar-refractivity contribution in [3.63, 3.8) is 0 Å². The number of rotatable bonds is 6. The number of hydrogen-bond acceptors (Lipinski definition) is 4. The summed E-state index contributed by atoms with van der Waals surface area (Å²) in [6, 6.07) is 3.30. The highest BCUT2D eigenvalue weighted by atomic mass is 32.2. The van der Waals surface area contributed by atoms with Crippen LogP contribution < -0.4 is 11.1 Å². The largest absolute Gasteiger partial charge is 0.384 e. The van der Waals surface area contributed by atoms with Crippen molar-refractivity contribution < 1.29 is 9.00 Å². The third-order valence-electron chi connectivity index (χ3n) is 2.74. The Bertz CT molecular complexity index is 477. The van der Waals surface area contributed by atoms with Crippen LogP contribution in [-0.4, -0.2) is 33.2 Å². The van der Waals surface area contributed by atoms with Gasteiger partial charge in [0.05, 0.1) is 0 Å². The van der Waals surface area contributed by atoms with E-state index < -0.39 is 10.8 Å². The lowest BCUT2D eigenvalue weighted by Gasteiger charge is -2.13. The molecule has 0 spiro atoms. The molecule has 0 aliphatic heterocycles. The second-order valence-corrected chi connectivity index (χ2v) is 6.12. The van der Waals surface area contributed by atoms with Crippen LogP contribution in [0.2, 0.25) is 0 Å². The molecule has 1 amide bonds. The molecule has 1 rings (SSSR count). The Morgan fingerprint density at radius 1 is 1.53 bits per heavy atom. The van der Waals surface area contributed by atoms with Crippen molar-refractivity contribution >= 4 is 22.5 Å². The standard InChI is InChI=1S/C13H21N3O2S/c1-4-11-7-10(8-12(14)16-11)13(17)15-9(2)5-6-19(3)18/h7-9H,4-6H2,1-3H3,(H2,14,16)(H,15,17). The zero-order valence-corrected chi connectivity index (χ0v) is 12.4. The lowest BCUT2D eigenvalue weighted by molar-refractivity contribution is 0.0939. The zero-order chi connectivity index (χ0) is 14.4. The van der Waals surface area contributed by atoms with Gasteiger partial charge in [0.2, 0.25) is 0 Å². The van der Waals surface area contributed by atoms with Crippen molar-refractivity contribution in [2.45, 2.75) is 32.7 Å². The van der Waals surface area contributed by atoms with E-state index in [2.05, 4.69) is 10.3 Å². The maximum Gasteiger partial charge on any atom is 0.251 e. The number of nitrogens with two attached hydrogens (primary N) is 1. The summed E-state index contributed by atoms with van der Waals surface area (Å²) < 4.78 is 11.0. The van der Waals surface area contributed by atoms with Crippen LogP contribution >= 0.6 is 0 Å². The van der Waals surface area contributed by atoms with Gasteiger partial charge in [-0.15, -0.1) is 0 Å². The van der Waals surface area contributed by atoms with E-state index in [0.29, 0.717) is 23.6 Å². The number of aromatic nitrogens is 1. The Hall–Kier alpha value is -1.43. The van der Waals surface area contributed by atoms with Crippen LogP contribution in [0.1, 0.15) is 36.3 Å². The second-order valence-electron chi connectivity index (χ2n) is 4.57. The number of carbonyl (C=O) groups excluding carboxylic acids is 1. The van der Waals surface area contributed by atoms with E-state index >= 15 is 0 Å². The van der Waals surface area contributed by atoms with Crippen LogP contribution in [-0.2, 0) is 17.2 Å². The lowest BCUT2D eigenvalue weighted by Crippen LogP contribution is -2.33. The molecule has 0 aliphatic carbocycles. The Morgan fingerprint density at radius 3 is 2.79 bits per heavy atom. The van der Waals surface area contributed by atoms with Crippen molar-refractivity contribution in [3.8, 4) is 0 Å². The minimum atomic E-state index is -0.836. The molecule has 0 bridgehead atoms. The average Bonchev–Trinajstić information content (AvgIpc) is 2.35.